The summed E-state index contributed by atoms with van der Waals surface area (Å²) in [5.74, 6) is 2.03. The van der Waals surface area contributed by atoms with Gasteiger partial charge in [-0.25, -0.2) is 4.98 Å². The fourth-order valence-electron chi connectivity index (χ4n) is 4.65. The van der Waals surface area contributed by atoms with E-state index in [4.69, 9.17) is 9.47 Å². The molecule has 2 amide bonds. The Morgan fingerprint density at radius 3 is 1.88 bits per heavy atom. The van der Waals surface area contributed by atoms with Crippen molar-refractivity contribution >= 4 is 11.8 Å². The van der Waals surface area contributed by atoms with Gasteiger partial charge in [-0.05, 0) is 92.8 Å². The number of aryl methyl sites for hydroxylation is 2. The van der Waals surface area contributed by atoms with Crippen LogP contribution in [0, 0.1) is 0 Å². The molecular formula is C32H39N3O5. The van der Waals surface area contributed by atoms with Gasteiger partial charge in [0.05, 0.1) is 12.3 Å². The highest BCUT2D eigenvalue weighted by atomic mass is 16.5. The maximum atomic E-state index is 12.1. The molecular weight excluding hydrogens is 506 g/mol. The van der Waals surface area contributed by atoms with Crippen molar-refractivity contribution in [3.63, 3.8) is 0 Å². The van der Waals surface area contributed by atoms with Crippen molar-refractivity contribution in [2.75, 3.05) is 13.1 Å². The van der Waals surface area contributed by atoms with Gasteiger partial charge >= 0.3 is 0 Å². The lowest BCUT2D eigenvalue weighted by Crippen LogP contribution is -2.29. The Kier molecular flexibility index (Phi) is 11.2. The largest absolute Gasteiger partial charge is 0.508 e. The zero-order valence-electron chi connectivity index (χ0n) is 22.9. The van der Waals surface area contributed by atoms with Crippen LogP contribution in [0.2, 0.25) is 0 Å². The number of ether oxygens (including phenoxy) is 2. The van der Waals surface area contributed by atoms with E-state index in [2.05, 4.69) is 15.6 Å². The lowest BCUT2D eigenvalue weighted by molar-refractivity contribution is -0.126. The number of hydrogen-bond acceptors (Lipinski definition) is 6. The first kappa shape index (κ1) is 28.9. The van der Waals surface area contributed by atoms with Crippen molar-refractivity contribution in [3.8, 4) is 23.1 Å². The average Bonchev–Trinajstić information content (AvgIpc) is 3.48. The number of phenolic OH excluding ortho intramolecular Hbond substituents is 1. The molecule has 8 nitrogen and oxygen atoms in total. The minimum absolute atomic E-state index is 0.116. The van der Waals surface area contributed by atoms with E-state index >= 15 is 0 Å². The third kappa shape index (κ3) is 10.2. The normalized spacial score (nSPS) is 13.1. The van der Waals surface area contributed by atoms with Crippen LogP contribution in [0.15, 0.2) is 66.9 Å². The number of amides is 2. The Balaban J connectivity index is 1.04. The minimum atomic E-state index is -0.119. The van der Waals surface area contributed by atoms with Crippen LogP contribution in [-0.2, 0) is 22.4 Å². The molecule has 0 aliphatic heterocycles. The average molecular weight is 546 g/mol. The number of rotatable bonds is 15. The summed E-state index contributed by atoms with van der Waals surface area (Å²) < 4.78 is 11.8. The Labute approximate surface area is 236 Å². The van der Waals surface area contributed by atoms with Crippen LogP contribution in [-0.4, -0.2) is 41.1 Å². The lowest BCUT2D eigenvalue weighted by Gasteiger charge is -2.13. The van der Waals surface area contributed by atoms with E-state index < -0.39 is 0 Å². The van der Waals surface area contributed by atoms with E-state index in [0.29, 0.717) is 30.8 Å². The molecule has 40 heavy (non-hydrogen) atoms. The number of carbonyl (C=O) groups excluding carboxylic acids is 2. The predicted octanol–water partition coefficient (Wildman–Crippen LogP) is 5.48. The van der Waals surface area contributed by atoms with E-state index in [1.165, 1.54) is 12.8 Å². The summed E-state index contributed by atoms with van der Waals surface area (Å²) in [6.07, 6.45) is 10.3. The molecule has 0 saturated heterocycles. The van der Waals surface area contributed by atoms with E-state index in [1.54, 1.807) is 18.3 Å². The molecule has 1 aromatic heterocycles. The van der Waals surface area contributed by atoms with Crippen molar-refractivity contribution < 1.29 is 24.2 Å². The number of benzene rings is 2. The third-order valence-corrected chi connectivity index (χ3v) is 6.90. The highest BCUT2D eigenvalue weighted by Gasteiger charge is 2.16. The number of aromatic hydroxyl groups is 1. The molecule has 3 N–H and O–H groups in total. The molecule has 8 heteroatoms. The highest BCUT2D eigenvalue weighted by molar-refractivity contribution is 5.83. The topological polar surface area (TPSA) is 110 Å². The Morgan fingerprint density at radius 2 is 1.32 bits per heavy atom. The molecule has 4 rings (SSSR count). The standard InChI is InChI=1S/C32H39N3O5/c36-26-13-9-24(10-14-26)5-3-21-33-30(37)18-19-31(38)34-22-4-6-25-11-15-28(16-12-25)40-32-20-17-29(23-35-32)39-27-7-1-2-8-27/h9-17,20,23,27,36H,1-8,18-19,21-22H2,(H,33,37)(H,34,38). The first-order valence-corrected chi connectivity index (χ1v) is 14.2. The second-order valence-electron chi connectivity index (χ2n) is 10.2. The molecule has 0 atom stereocenters. The molecule has 1 aliphatic rings. The van der Waals surface area contributed by atoms with Crippen molar-refractivity contribution in [1.82, 2.24) is 15.6 Å². The van der Waals surface area contributed by atoms with Gasteiger partial charge in [0.1, 0.15) is 17.2 Å². The summed E-state index contributed by atoms with van der Waals surface area (Å²) in [7, 11) is 0. The molecule has 0 unspecified atom stereocenters. The van der Waals surface area contributed by atoms with E-state index in [0.717, 1.165) is 55.4 Å². The SMILES string of the molecule is O=C(CCC(=O)NCCCc1ccc(Oc2ccc(OC3CCCC3)cn2)cc1)NCCCc1ccc(O)cc1. The molecule has 2 aromatic carbocycles. The van der Waals surface area contributed by atoms with E-state index in [1.807, 2.05) is 48.5 Å². The van der Waals surface area contributed by atoms with Gasteiger partial charge in [0.25, 0.3) is 0 Å². The van der Waals surface area contributed by atoms with Gasteiger partial charge in [0.2, 0.25) is 17.7 Å². The molecule has 0 bridgehead atoms. The van der Waals surface area contributed by atoms with Crippen molar-refractivity contribution in [1.29, 1.82) is 0 Å². The maximum Gasteiger partial charge on any atom is 0.220 e. The summed E-state index contributed by atoms with van der Waals surface area (Å²) in [6.45, 7) is 1.12. The van der Waals surface area contributed by atoms with Crippen LogP contribution >= 0.6 is 0 Å². The maximum absolute atomic E-state index is 12.1. The number of hydrogen-bond donors (Lipinski definition) is 3. The van der Waals surface area contributed by atoms with E-state index in [9.17, 15) is 14.7 Å². The van der Waals surface area contributed by atoms with E-state index in [-0.39, 0.29) is 30.4 Å². The minimum Gasteiger partial charge on any atom is -0.508 e. The number of phenols is 1. The zero-order chi connectivity index (χ0) is 28.0. The third-order valence-electron chi connectivity index (χ3n) is 6.90. The molecule has 1 fully saturated rings. The van der Waals surface area contributed by atoms with Gasteiger partial charge in [-0.2, -0.15) is 0 Å². The molecule has 1 saturated carbocycles. The fraction of sp³-hybridized carbons (Fsp3) is 0.406. The second kappa shape index (κ2) is 15.5. The second-order valence-corrected chi connectivity index (χ2v) is 10.2. The lowest BCUT2D eigenvalue weighted by atomic mass is 10.1. The smallest absolute Gasteiger partial charge is 0.220 e. The summed E-state index contributed by atoms with van der Waals surface area (Å²) in [4.78, 5) is 28.4. The van der Waals surface area contributed by atoms with Gasteiger partial charge < -0.3 is 25.2 Å². The fourth-order valence-corrected chi connectivity index (χ4v) is 4.65. The first-order chi connectivity index (χ1) is 19.5. The summed E-state index contributed by atoms with van der Waals surface area (Å²) in [5.41, 5.74) is 2.26. The van der Waals surface area contributed by atoms with Crippen LogP contribution in [0.4, 0.5) is 0 Å². The summed E-state index contributed by atoms with van der Waals surface area (Å²) in [5, 5.41) is 15.1. The van der Waals surface area contributed by atoms with Gasteiger partial charge in [-0.15, -0.1) is 0 Å². The number of nitrogens with one attached hydrogen (secondary N) is 2. The predicted molar refractivity (Wildman–Crippen MR) is 154 cm³/mol. The van der Waals surface area contributed by atoms with Gasteiger partial charge in [-0.3, -0.25) is 9.59 Å². The number of pyridine rings is 1. The summed E-state index contributed by atoms with van der Waals surface area (Å²) >= 11 is 0. The zero-order valence-corrected chi connectivity index (χ0v) is 22.9. The quantitative estimate of drug-likeness (QED) is 0.218. The van der Waals surface area contributed by atoms with Crippen LogP contribution in [0.25, 0.3) is 0 Å². The highest BCUT2D eigenvalue weighted by Crippen LogP contribution is 2.26. The molecule has 3 aromatic rings. The van der Waals surface area contributed by atoms with Crippen LogP contribution in [0.3, 0.4) is 0 Å². The Bertz CT molecular complexity index is 1190. The van der Waals surface area contributed by atoms with Crippen LogP contribution in [0.1, 0.15) is 62.5 Å². The number of aromatic nitrogens is 1. The van der Waals surface area contributed by atoms with Gasteiger partial charge in [0, 0.05) is 32.0 Å². The molecule has 0 spiro atoms. The number of nitrogens with zero attached hydrogens (tertiary/aromatic N) is 1. The molecule has 1 heterocycles. The number of carbonyl (C=O) groups is 2. The first-order valence-electron chi connectivity index (χ1n) is 14.2. The van der Waals surface area contributed by atoms with Gasteiger partial charge in [0.15, 0.2) is 0 Å². The Morgan fingerprint density at radius 1 is 0.775 bits per heavy atom. The van der Waals surface area contributed by atoms with Crippen molar-refractivity contribution in [2.45, 2.75) is 70.3 Å². The van der Waals surface area contributed by atoms with Crippen molar-refractivity contribution in [3.05, 3.63) is 78.0 Å². The monoisotopic (exact) mass is 545 g/mol. The molecule has 0 radical (unpaired) electrons. The van der Waals surface area contributed by atoms with Crippen LogP contribution in [0.5, 0.6) is 23.1 Å². The Hall–Kier alpha value is -4.07. The van der Waals surface area contributed by atoms with Crippen LogP contribution < -0.4 is 20.1 Å². The summed E-state index contributed by atoms with van der Waals surface area (Å²) in [6, 6.07) is 18.6. The molecule has 1 aliphatic carbocycles. The van der Waals surface area contributed by atoms with Gasteiger partial charge in [-0.1, -0.05) is 24.3 Å². The van der Waals surface area contributed by atoms with Crippen molar-refractivity contribution in [2.24, 2.45) is 0 Å². The molecule has 212 valence electrons.